The Hall–Kier alpha value is -1.18. The normalized spacial score (nSPS) is 40.0. The average Bonchev–Trinajstić information content (AvgIpc) is 2.81. The molecule has 0 amide bonds. The summed E-state index contributed by atoms with van der Waals surface area (Å²) in [7, 11) is 0. The lowest BCUT2D eigenvalue weighted by Gasteiger charge is -2.51. The summed E-state index contributed by atoms with van der Waals surface area (Å²) in [6.45, 7) is 6.87. The van der Waals surface area contributed by atoms with Crippen LogP contribution in [0, 0.1) is 29.1 Å². The highest BCUT2D eigenvalue weighted by atomic mass is 16.1. The Labute approximate surface area is 139 Å². The van der Waals surface area contributed by atoms with Gasteiger partial charge >= 0.3 is 0 Å². The molecule has 0 aromatic carbocycles. The number of carbonyl (C=O) groups is 2. The molecule has 0 aromatic heterocycles. The van der Waals surface area contributed by atoms with Crippen molar-refractivity contribution in [2.24, 2.45) is 29.1 Å². The van der Waals surface area contributed by atoms with E-state index in [0.29, 0.717) is 41.7 Å². The van der Waals surface area contributed by atoms with Gasteiger partial charge in [0.15, 0.2) is 5.78 Å². The minimum atomic E-state index is -0.0879. The summed E-state index contributed by atoms with van der Waals surface area (Å²) in [5, 5.41) is 0. The standard InChI is InChI=1S/C21H28O2/c1-12(2)17-11-21(3)18(8-9-19(21)23)16-6-4-13-10-14(22)5-7-15(13)20(16)17/h10,12,16-18H,4-9,11H2,1-3H3/t16-,17+,18-,21-/m0/s1. The maximum absolute atomic E-state index is 12.6. The van der Waals surface area contributed by atoms with Gasteiger partial charge in [0, 0.05) is 18.3 Å². The van der Waals surface area contributed by atoms with Crippen molar-refractivity contribution >= 4 is 11.6 Å². The SMILES string of the molecule is CC(C)[C@H]1C[C@]2(C)C(=O)CC[C@H]2[C@@H]2CCC3=CC(=O)CCC3=C21. The molecule has 0 bridgehead atoms. The van der Waals surface area contributed by atoms with Crippen LogP contribution in [0.3, 0.4) is 0 Å². The van der Waals surface area contributed by atoms with Gasteiger partial charge in [0.1, 0.15) is 5.78 Å². The van der Waals surface area contributed by atoms with E-state index in [1.807, 2.05) is 6.08 Å². The zero-order chi connectivity index (χ0) is 16.4. The molecule has 0 spiro atoms. The summed E-state index contributed by atoms with van der Waals surface area (Å²) in [4.78, 5) is 24.5. The topological polar surface area (TPSA) is 34.1 Å². The van der Waals surface area contributed by atoms with E-state index in [0.717, 1.165) is 38.5 Å². The first kappa shape index (κ1) is 15.4. The molecule has 2 heteroatoms. The molecule has 0 aliphatic heterocycles. The molecule has 23 heavy (non-hydrogen) atoms. The largest absolute Gasteiger partial charge is 0.299 e. The summed E-state index contributed by atoms with van der Waals surface area (Å²) < 4.78 is 0. The number of ketones is 2. The van der Waals surface area contributed by atoms with Gasteiger partial charge < -0.3 is 0 Å². The highest BCUT2D eigenvalue weighted by Gasteiger charge is 2.56. The molecule has 4 aliphatic carbocycles. The number of fused-ring (bicyclic) bond motifs is 4. The van der Waals surface area contributed by atoms with Crippen molar-refractivity contribution in [2.45, 2.75) is 65.7 Å². The molecule has 0 saturated heterocycles. The van der Waals surface area contributed by atoms with Gasteiger partial charge in [0.05, 0.1) is 0 Å². The van der Waals surface area contributed by atoms with Gasteiger partial charge in [0.25, 0.3) is 0 Å². The summed E-state index contributed by atoms with van der Waals surface area (Å²) in [5.41, 5.74) is 4.41. The second-order valence-corrected chi connectivity index (χ2v) is 8.76. The van der Waals surface area contributed by atoms with Gasteiger partial charge in [-0.3, -0.25) is 9.59 Å². The molecule has 2 fully saturated rings. The van der Waals surface area contributed by atoms with E-state index in [1.54, 1.807) is 5.57 Å². The third-order valence-corrected chi connectivity index (χ3v) is 7.29. The third-order valence-electron chi connectivity index (χ3n) is 7.29. The van der Waals surface area contributed by atoms with Gasteiger partial charge in [-0.25, -0.2) is 0 Å². The van der Waals surface area contributed by atoms with Crippen LogP contribution in [0.1, 0.15) is 65.7 Å². The first-order valence-corrected chi connectivity index (χ1v) is 9.42. The molecule has 0 heterocycles. The average molecular weight is 312 g/mol. The van der Waals surface area contributed by atoms with Crippen LogP contribution in [-0.2, 0) is 9.59 Å². The van der Waals surface area contributed by atoms with E-state index < -0.39 is 0 Å². The molecule has 0 N–H and O–H groups in total. The van der Waals surface area contributed by atoms with E-state index in [9.17, 15) is 9.59 Å². The Bertz CT molecular complexity index is 636. The predicted octanol–water partition coefficient (Wildman–Crippen LogP) is 4.64. The zero-order valence-electron chi connectivity index (χ0n) is 14.7. The van der Waals surface area contributed by atoms with Gasteiger partial charge in [-0.2, -0.15) is 0 Å². The van der Waals surface area contributed by atoms with Crippen molar-refractivity contribution < 1.29 is 9.59 Å². The lowest BCUT2D eigenvalue weighted by atomic mass is 9.53. The van der Waals surface area contributed by atoms with Crippen molar-refractivity contribution in [1.82, 2.24) is 0 Å². The zero-order valence-corrected chi connectivity index (χ0v) is 14.7. The molecule has 124 valence electrons. The van der Waals surface area contributed by atoms with Gasteiger partial charge in [-0.15, -0.1) is 0 Å². The number of hydrogen-bond donors (Lipinski definition) is 0. The second kappa shape index (κ2) is 5.16. The minimum Gasteiger partial charge on any atom is -0.299 e. The van der Waals surface area contributed by atoms with Crippen molar-refractivity contribution in [3.63, 3.8) is 0 Å². The molecule has 2 nitrogen and oxygen atoms in total. The third kappa shape index (κ3) is 2.13. The maximum atomic E-state index is 12.6. The van der Waals surface area contributed by atoms with Crippen LogP contribution < -0.4 is 0 Å². The van der Waals surface area contributed by atoms with Gasteiger partial charge in [-0.05, 0) is 73.0 Å². The van der Waals surface area contributed by atoms with Crippen LogP contribution >= 0.6 is 0 Å². The van der Waals surface area contributed by atoms with Crippen molar-refractivity contribution in [3.8, 4) is 0 Å². The van der Waals surface area contributed by atoms with Crippen LogP contribution in [0.25, 0.3) is 0 Å². The van der Waals surface area contributed by atoms with Crippen LogP contribution in [0.15, 0.2) is 22.8 Å². The Morgan fingerprint density at radius 2 is 1.87 bits per heavy atom. The van der Waals surface area contributed by atoms with E-state index in [2.05, 4.69) is 20.8 Å². The molecule has 4 atom stereocenters. The summed E-state index contributed by atoms with van der Waals surface area (Å²) in [6.07, 6.45) is 8.64. The van der Waals surface area contributed by atoms with E-state index in [-0.39, 0.29) is 5.41 Å². The lowest BCUT2D eigenvalue weighted by molar-refractivity contribution is -0.129. The summed E-state index contributed by atoms with van der Waals surface area (Å²) in [6, 6.07) is 0. The quantitative estimate of drug-likeness (QED) is 0.706. The fraction of sp³-hybridized carbons (Fsp3) is 0.714. The lowest BCUT2D eigenvalue weighted by Crippen LogP contribution is -2.45. The molecular weight excluding hydrogens is 284 g/mol. The summed E-state index contributed by atoms with van der Waals surface area (Å²) in [5.74, 6) is 3.05. The first-order valence-electron chi connectivity index (χ1n) is 9.42. The predicted molar refractivity (Wildman–Crippen MR) is 90.9 cm³/mol. The smallest absolute Gasteiger partial charge is 0.156 e. The fourth-order valence-electron chi connectivity index (χ4n) is 6.09. The van der Waals surface area contributed by atoms with Crippen LogP contribution in [0.5, 0.6) is 0 Å². The highest BCUT2D eigenvalue weighted by molar-refractivity contribution is 5.93. The molecular formula is C21H28O2. The van der Waals surface area contributed by atoms with E-state index >= 15 is 0 Å². The van der Waals surface area contributed by atoms with Crippen LogP contribution in [-0.4, -0.2) is 11.6 Å². The van der Waals surface area contributed by atoms with Crippen molar-refractivity contribution in [3.05, 3.63) is 22.8 Å². The van der Waals surface area contributed by atoms with Crippen LogP contribution in [0.4, 0.5) is 0 Å². The Morgan fingerprint density at radius 1 is 1.09 bits per heavy atom. The molecule has 0 unspecified atom stereocenters. The van der Waals surface area contributed by atoms with Crippen molar-refractivity contribution in [1.29, 1.82) is 0 Å². The molecule has 2 saturated carbocycles. The van der Waals surface area contributed by atoms with E-state index in [1.165, 1.54) is 11.1 Å². The monoisotopic (exact) mass is 312 g/mol. The molecule has 0 aromatic rings. The Balaban J connectivity index is 1.85. The molecule has 0 radical (unpaired) electrons. The second-order valence-electron chi connectivity index (χ2n) is 8.76. The van der Waals surface area contributed by atoms with Gasteiger partial charge in [-0.1, -0.05) is 26.3 Å². The number of rotatable bonds is 1. The minimum absolute atomic E-state index is 0.0879. The maximum Gasteiger partial charge on any atom is 0.156 e. The number of Topliss-reactive ketones (excluding diaryl/α,β-unsaturated/α-hetero) is 1. The van der Waals surface area contributed by atoms with Crippen molar-refractivity contribution in [2.75, 3.05) is 0 Å². The summed E-state index contributed by atoms with van der Waals surface area (Å²) >= 11 is 0. The fourth-order valence-corrected chi connectivity index (χ4v) is 6.09. The first-order chi connectivity index (χ1) is 10.9. The molecule has 4 rings (SSSR count). The number of allylic oxidation sites excluding steroid dienone is 4. The molecule has 4 aliphatic rings. The van der Waals surface area contributed by atoms with Gasteiger partial charge in [0.2, 0.25) is 0 Å². The number of hydrogen-bond acceptors (Lipinski definition) is 2. The highest BCUT2D eigenvalue weighted by Crippen LogP contribution is 2.61. The Morgan fingerprint density at radius 3 is 2.61 bits per heavy atom. The van der Waals surface area contributed by atoms with Crippen LogP contribution in [0.2, 0.25) is 0 Å². The van der Waals surface area contributed by atoms with E-state index in [4.69, 9.17) is 0 Å². The Kier molecular flexibility index (Phi) is 3.44. The number of carbonyl (C=O) groups excluding carboxylic acids is 2.